The predicted molar refractivity (Wildman–Crippen MR) is 84.8 cm³/mol. The molecule has 0 aliphatic carbocycles. The molecule has 9 heteroatoms. The van der Waals surface area contributed by atoms with Gasteiger partial charge in [0.25, 0.3) is 10.0 Å². The van der Waals surface area contributed by atoms with Gasteiger partial charge in [0, 0.05) is 37.8 Å². The molecular formula is C15H18N4O4S. The predicted octanol–water partition coefficient (Wildman–Crippen LogP) is 0.446. The van der Waals surface area contributed by atoms with E-state index in [9.17, 15) is 18.3 Å². The molecule has 1 atom stereocenters. The number of aliphatic carboxylic acids is 1. The average molecular weight is 350 g/mol. The summed E-state index contributed by atoms with van der Waals surface area (Å²) in [6.07, 6.45) is 4.68. The number of nitrogens with one attached hydrogen (secondary N) is 1. The molecule has 0 amide bonds. The molecule has 128 valence electrons. The Morgan fingerprint density at radius 1 is 1.38 bits per heavy atom. The first-order chi connectivity index (χ1) is 11.5. The SMILES string of the molecule is O=C(O)C(CNS(=O)(=O)c1cnc2n1CCC2)Cc1ccccn1. The highest BCUT2D eigenvalue weighted by atomic mass is 32.2. The van der Waals surface area contributed by atoms with E-state index in [2.05, 4.69) is 14.7 Å². The molecule has 0 saturated heterocycles. The van der Waals surface area contributed by atoms with Crippen molar-refractivity contribution in [3.63, 3.8) is 0 Å². The molecule has 0 saturated carbocycles. The third-order valence-corrected chi connectivity index (χ3v) is 5.43. The quantitative estimate of drug-likeness (QED) is 0.749. The van der Waals surface area contributed by atoms with E-state index in [0.717, 1.165) is 18.7 Å². The van der Waals surface area contributed by atoms with E-state index in [0.29, 0.717) is 12.2 Å². The van der Waals surface area contributed by atoms with Gasteiger partial charge in [0.05, 0.1) is 12.1 Å². The summed E-state index contributed by atoms with van der Waals surface area (Å²) in [7, 11) is -3.80. The molecule has 1 aliphatic heterocycles. The molecule has 0 radical (unpaired) electrons. The fourth-order valence-electron chi connectivity index (χ4n) is 2.75. The monoisotopic (exact) mass is 350 g/mol. The molecule has 0 bridgehead atoms. The number of carboxylic acids is 1. The number of carboxylic acid groups (broad SMARTS) is 1. The van der Waals surface area contributed by atoms with Crippen LogP contribution in [-0.4, -0.2) is 40.6 Å². The van der Waals surface area contributed by atoms with Gasteiger partial charge in [0.15, 0.2) is 5.03 Å². The van der Waals surface area contributed by atoms with Crippen LogP contribution in [0.5, 0.6) is 0 Å². The molecule has 24 heavy (non-hydrogen) atoms. The maximum Gasteiger partial charge on any atom is 0.308 e. The summed E-state index contributed by atoms with van der Waals surface area (Å²) in [6.45, 7) is 0.413. The van der Waals surface area contributed by atoms with Crippen molar-refractivity contribution in [2.45, 2.75) is 30.8 Å². The standard InChI is InChI=1S/C15H18N4O4S/c20-15(21)11(8-12-4-1-2-6-16-12)9-18-24(22,23)14-10-17-13-5-3-7-19(13)14/h1-2,4,6,10-11,18H,3,5,7-9H2,(H,20,21). The van der Waals surface area contributed by atoms with Crippen LogP contribution in [0.1, 0.15) is 17.9 Å². The zero-order valence-corrected chi connectivity index (χ0v) is 13.7. The summed E-state index contributed by atoms with van der Waals surface area (Å²) >= 11 is 0. The second kappa shape index (κ2) is 6.70. The lowest BCUT2D eigenvalue weighted by atomic mass is 10.0. The Balaban J connectivity index is 1.71. The van der Waals surface area contributed by atoms with E-state index in [1.807, 2.05) is 0 Å². The van der Waals surface area contributed by atoms with Gasteiger partial charge >= 0.3 is 5.97 Å². The van der Waals surface area contributed by atoms with Gasteiger partial charge in [0.2, 0.25) is 0 Å². The Morgan fingerprint density at radius 3 is 2.92 bits per heavy atom. The van der Waals surface area contributed by atoms with Gasteiger partial charge in [-0.2, -0.15) is 0 Å². The first-order valence-corrected chi connectivity index (χ1v) is 9.12. The van der Waals surface area contributed by atoms with Crippen molar-refractivity contribution in [3.05, 3.63) is 42.1 Å². The molecule has 1 aliphatic rings. The van der Waals surface area contributed by atoms with E-state index in [-0.39, 0.29) is 18.0 Å². The lowest BCUT2D eigenvalue weighted by molar-refractivity contribution is -0.141. The Labute approximate surface area is 139 Å². The highest BCUT2D eigenvalue weighted by Crippen LogP contribution is 2.20. The fraction of sp³-hybridized carbons (Fsp3) is 0.400. The average Bonchev–Trinajstić information content (AvgIpc) is 3.15. The number of aromatic nitrogens is 3. The third kappa shape index (κ3) is 3.46. The van der Waals surface area contributed by atoms with Crippen molar-refractivity contribution in [2.24, 2.45) is 5.92 Å². The van der Waals surface area contributed by atoms with Gasteiger partial charge < -0.3 is 9.67 Å². The molecule has 3 heterocycles. The van der Waals surface area contributed by atoms with Crippen LogP contribution in [0.4, 0.5) is 0 Å². The van der Waals surface area contributed by atoms with Crippen LogP contribution in [0.25, 0.3) is 0 Å². The second-order valence-corrected chi connectivity index (χ2v) is 7.39. The molecule has 1 unspecified atom stereocenters. The molecule has 2 N–H and O–H groups in total. The summed E-state index contributed by atoms with van der Waals surface area (Å²) in [4.78, 5) is 19.6. The molecule has 0 spiro atoms. The number of imidazole rings is 1. The summed E-state index contributed by atoms with van der Waals surface area (Å²) in [5.41, 5.74) is 0.606. The van der Waals surface area contributed by atoms with Crippen LogP contribution in [0.2, 0.25) is 0 Å². The van der Waals surface area contributed by atoms with Gasteiger partial charge in [-0.1, -0.05) is 6.07 Å². The minimum Gasteiger partial charge on any atom is -0.481 e. The van der Waals surface area contributed by atoms with Crippen LogP contribution in [0.3, 0.4) is 0 Å². The number of aryl methyl sites for hydroxylation is 1. The maximum absolute atomic E-state index is 12.5. The van der Waals surface area contributed by atoms with Crippen molar-refractivity contribution in [3.8, 4) is 0 Å². The fourth-order valence-corrected chi connectivity index (χ4v) is 3.99. The van der Waals surface area contributed by atoms with Crippen LogP contribution in [0.15, 0.2) is 35.6 Å². The molecule has 0 aromatic carbocycles. The summed E-state index contributed by atoms with van der Waals surface area (Å²) in [5.74, 6) is -1.21. The highest BCUT2D eigenvalue weighted by molar-refractivity contribution is 7.89. The second-order valence-electron chi connectivity index (χ2n) is 5.68. The molecule has 2 aromatic rings. The number of nitrogens with zero attached hydrogens (tertiary/aromatic N) is 3. The van der Waals surface area contributed by atoms with Crippen LogP contribution in [-0.2, 0) is 34.2 Å². The molecule has 3 rings (SSSR count). The third-order valence-electron chi connectivity index (χ3n) is 4.01. The zero-order chi connectivity index (χ0) is 17.2. The molecule has 2 aromatic heterocycles. The number of hydrogen-bond acceptors (Lipinski definition) is 5. The van der Waals surface area contributed by atoms with E-state index < -0.39 is 21.9 Å². The van der Waals surface area contributed by atoms with E-state index in [1.54, 1.807) is 29.0 Å². The van der Waals surface area contributed by atoms with E-state index >= 15 is 0 Å². The first kappa shape index (κ1) is 16.6. The van der Waals surface area contributed by atoms with Gasteiger partial charge in [-0.3, -0.25) is 9.78 Å². The van der Waals surface area contributed by atoms with Gasteiger partial charge in [-0.05, 0) is 18.6 Å². The Bertz CT molecular complexity index is 832. The van der Waals surface area contributed by atoms with Crippen molar-refractivity contribution in [2.75, 3.05) is 6.54 Å². The lowest BCUT2D eigenvalue weighted by Gasteiger charge is -2.14. The summed E-state index contributed by atoms with van der Waals surface area (Å²) in [5, 5.41) is 9.43. The minimum atomic E-state index is -3.80. The number of fused-ring (bicyclic) bond motifs is 1. The summed E-state index contributed by atoms with van der Waals surface area (Å²) in [6, 6.07) is 5.22. The van der Waals surface area contributed by atoms with Crippen molar-refractivity contribution in [1.29, 1.82) is 0 Å². The van der Waals surface area contributed by atoms with Gasteiger partial charge in [-0.15, -0.1) is 0 Å². The molecule has 0 fully saturated rings. The number of sulfonamides is 1. The number of pyridine rings is 1. The first-order valence-electron chi connectivity index (χ1n) is 7.64. The topological polar surface area (TPSA) is 114 Å². The Hall–Kier alpha value is -2.26. The maximum atomic E-state index is 12.5. The normalized spacial score (nSPS) is 15.2. The number of rotatable bonds is 7. The number of hydrogen-bond donors (Lipinski definition) is 2. The van der Waals surface area contributed by atoms with Gasteiger partial charge in [-0.25, -0.2) is 18.1 Å². The minimum absolute atomic E-state index is 0.0944. The van der Waals surface area contributed by atoms with Crippen LogP contribution < -0.4 is 4.72 Å². The summed E-state index contributed by atoms with van der Waals surface area (Å²) < 4.78 is 29.0. The van der Waals surface area contributed by atoms with Crippen molar-refractivity contribution < 1.29 is 18.3 Å². The van der Waals surface area contributed by atoms with Crippen molar-refractivity contribution >= 4 is 16.0 Å². The molecule has 8 nitrogen and oxygen atoms in total. The van der Waals surface area contributed by atoms with Crippen LogP contribution >= 0.6 is 0 Å². The Morgan fingerprint density at radius 2 is 2.21 bits per heavy atom. The smallest absolute Gasteiger partial charge is 0.308 e. The largest absolute Gasteiger partial charge is 0.481 e. The van der Waals surface area contributed by atoms with Crippen LogP contribution in [0, 0.1) is 5.92 Å². The van der Waals surface area contributed by atoms with E-state index in [4.69, 9.17) is 0 Å². The van der Waals surface area contributed by atoms with E-state index in [1.165, 1.54) is 6.20 Å². The van der Waals surface area contributed by atoms with Crippen molar-refractivity contribution in [1.82, 2.24) is 19.3 Å². The highest BCUT2D eigenvalue weighted by Gasteiger charge is 2.27. The molecular weight excluding hydrogens is 332 g/mol. The zero-order valence-electron chi connectivity index (χ0n) is 12.9. The van der Waals surface area contributed by atoms with Gasteiger partial charge in [0.1, 0.15) is 5.82 Å². The number of carbonyl (C=O) groups is 1. The Kier molecular flexibility index (Phi) is 4.63. The lowest BCUT2D eigenvalue weighted by Crippen LogP contribution is -2.35.